The van der Waals surface area contributed by atoms with E-state index < -0.39 is 17.9 Å². The van der Waals surface area contributed by atoms with Gasteiger partial charge in [-0.2, -0.15) is 0 Å². The molecule has 4 rings (SSSR count). The summed E-state index contributed by atoms with van der Waals surface area (Å²) in [5.41, 5.74) is 2.43. The summed E-state index contributed by atoms with van der Waals surface area (Å²) in [6, 6.07) is 11.4. The predicted molar refractivity (Wildman–Crippen MR) is 138 cm³/mol. The van der Waals surface area contributed by atoms with E-state index in [0.29, 0.717) is 28.8 Å². The molecule has 10 heteroatoms. The fourth-order valence-corrected chi connectivity index (χ4v) is 4.76. The average Bonchev–Trinajstić information content (AvgIpc) is 3.69. The second-order valence-corrected chi connectivity index (χ2v) is 10.5. The lowest BCUT2D eigenvalue weighted by Gasteiger charge is -2.25. The number of halogens is 3. The van der Waals surface area contributed by atoms with Crippen LogP contribution in [-0.2, 0) is 15.3 Å². The number of hydrogen-bond acceptors (Lipinski definition) is 7. The van der Waals surface area contributed by atoms with Crippen LogP contribution in [0.25, 0.3) is 11.4 Å². The number of rotatable bonds is 10. The van der Waals surface area contributed by atoms with Gasteiger partial charge >= 0.3 is 12.3 Å². The van der Waals surface area contributed by atoms with Crippen molar-refractivity contribution in [1.29, 1.82) is 0 Å². The quantitative estimate of drug-likeness (QED) is 0.196. The highest BCUT2D eigenvalue weighted by Crippen LogP contribution is 2.42. The van der Waals surface area contributed by atoms with Crippen molar-refractivity contribution in [3.8, 4) is 22.9 Å². The van der Waals surface area contributed by atoms with Gasteiger partial charge in [-0.05, 0) is 88.6 Å². The Labute approximate surface area is 223 Å². The topological polar surface area (TPSA) is 70.5 Å². The molecule has 0 bridgehead atoms. The first-order valence-corrected chi connectivity index (χ1v) is 13.3. The minimum absolute atomic E-state index is 0.284. The van der Waals surface area contributed by atoms with E-state index in [1.54, 1.807) is 38.7 Å². The molecular weight excluding hydrogens is 517 g/mol. The summed E-state index contributed by atoms with van der Waals surface area (Å²) in [7, 11) is 0. The lowest BCUT2D eigenvalue weighted by molar-refractivity contribution is -0.274. The molecule has 1 fully saturated rings. The zero-order valence-electron chi connectivity index (χ0n) is 21.6. The van der Waals surface area contributed by atoms with Gasteiger partial charge in [-0.15, -0.1) is 24.9 Å². The smallest absolute Gasteiger partial charge is 0.476 e. The number of benzene rings is 2. The molecule has 1 aliphatic rings. The molecular formula is C28H29F3N2O4S. The molecule has 0 aliphatic heterocycles. The number of carbonyl (C=O) groups excluding carboxylic acids is 1. The molecule has 0 atom stereocenters. The normalized spacial score (nSPS) is 13.8. The molecule has 0 spiro atoms. The zero-order valence-corrected chi connectivity index (χ0v) is 22.4. The van der Waals surface area contributed by atoms with Crippen molar-refractivity contribution in [3.63, 3.8) is 0 Å². The third-order valence-corrected chi connectivity index (χ3v) is 6.92. The van der Waals surface area contributed by atoms with E-state index in [9.17, 15) is 18.0 Å². The number of ether oxygens (including phenoxy) is 3. The number of aryl methyl sites for hydroxylation is 1. The van der Waals surface area contributed by atoms with Crippen LogP contribution in [0.5, 0.6) is 11.5 Å². The van der Waals surface area contributed by atoms with Gasteiger partial charge in [0.25, 0.3) is 0 Å². The lowest BCUT2D eigenvalue weighted by atomic mass is 10.1. The molecule has 0 N–H and O–H groups in total. The molecule has 1 saturated carbocycles. The third kappa shape index (κ3) is 7.18. The summed E-state index contributed by atoms with van der Waals surface area (Å²) in [6.07, 6.45) is -0.835. The third-order valence-electron chi connectivity index (χ3n) is 5.88. The summed E-state index contributed by atoms with van der Waals surface area (Å²) in [5.74, 6) is 1.42. The minimum atomic E-state index is -4.73. The van der Waals surface area contributed by atoms with E-state index in [1.165, 1.54) is 24.3 Å². The Hall–Kier alpha value is -3.27. The van der Waals surface area contributed by atoms with Crippen molar-refractivity contribution in [2.75, 3.05) is 6.61 Å². The average molecular weight is 547 g/mol. The molecule has 3 aromatic rings. The Bertz CT molecular complexity index is 1290. The molecule has 0 amide bonds. The van der Waals surface area contributed by atoms with Gasteiger partial charge in [0.15, 0.2) is 11.4 Å². The largest absolute Gasteiger partial charge is 0.573 e. The molecule has 0 radical (unpaired) electrons. The van der Waals surface area contributed by atoms with Crippen LogP contribution in [0.1, 0.15) is 56.4 Å². The second-order valence-electron chi connectivity index (χ2n) is 9.50. The molecule has 0 saturated heterocycles. The van der Waals surface area contributed by atoms with Crippen LogP contribution in [0.4, 0.5) is 13.2 Å². The predicted octanol–water partition coefficient (Wildman–Crippen LogP) is 7.24. The lowest BCUT2D eigenvalue weighted by Crippen LogP contribution is -2.39. The maximum atomic E-state index is 12.4. The highest BCUT2D eigenvalue weighted by Gasteiger charge is 2.33. The number of thioether (sulfide) groups is 1. The summed E-state index contributed by atoms with van der Waals surface area (Å²) in [5, 5.41) is 0. The number of aromatic nitrogens is 2. The fourth-order valence-electron chi connectivity index (χ4n) is 3.79. The van der Waals surface area contributed by atoms with Gasteiger partial charge in [-0.25, -0.2) is 14.8 Å². The van der Waals surface area contributed by atoms with E-state index >= 15 is 0 Å². The monoisotopic (exact) mass is 546 g/mol. The van der Waals surface area contributed by atoms with E-state index in [0.717, 1.165) is 34.6 Å². The maximum Gasteiger partial charge on any atom is 0.573 e. The van der Waals surface area contributed by atoms with Crippen molar-refractivity contribution in [3.05, 3.63) is 65.5 Å². The maximum absolute atomic E-state index is 12.4. The number of carbonyl (C=O) groups is 1. The number of esters is 1. The molecule has 6 nitrogen and oxygen atoms in total. The summed E-state index contributed by atoms with van der Waals surface area (Å²) < 4.78 is 52.3. The van der Waals surface area contributed by atoms with Gasteiger partial charge in [0.2, 0.25) is 0 Å². The first kappa shape index (κ1) is 27.8. The van der Waals surface area contributed by atoms with Crippen molar-refractivity contribution in [1.82, 2.24) is 9.97 Å². The first-order chi connectivity index (χ1) is 17.9. The fraction of sp³-hybridized carbons (Fsp3) is 0.393. The Morgan fingerprint density at radius 1 is 1.08 bits per heavy atom. The summed E-state index contributed by atoms with van der Waals surface area (Å²) in [6.45, 7) is 7.34. The molecule has 1 heterocycles. The summed E-state index contributed by atoms with van der Waals surface area (Å²) in [4.78, 5) is 22.5. The van der Waals surface area contributed by atoms with Gasteiger partial charge < -0.3 is 14.2 Å². The Morgan fingerprint density at radius 2 is 1.79 bits per heavy atom. The molecule has 38 heavy (non-hydrogen) atoms. The summed E-state index contributed by atoms with van der Waals surface area (Å²) >= 11 is 1.65. The van der Waals surface area contributed by atoms with Crippen LogP contribution in [0.3, 0.4) is 0 Å². The van der Waals surface area contributed by atoms with Gasteiger partial charge in [-0.1, -0.05) is 0 Å². The van der Waals surface area contributed by atoms with Crippen molar-refractivity contribution >= 4 is 17.7 Å². The Morgan fingerprint density at radius 3 is 2.39 bits per heavy atom. The van der Waals surface area contributed by atoms with Gasteiger partial charge in [-0.3, -0.25) is 0 Å². The number of hydrogen-bond donors (Lipinski definition) is 0. The molecule has 0 unspecified atom stereocenters. The highest BCUT2D eigenvalue weighted by atomic mass is 32.2. The SMILES string of the molecule is CCOC(=O)C(C)(C)Oc1ccc(SCc2cnc(-c3ccc(OC(F)(F)F)cc3)nc2C2CC2)cc1C. The zero-order chi connectivity index (χ0) is 27.5. The van der Waals surface area contributed by atoms with Crippen LogP contribution in [0.2, 0.25) is 0 Å². The molecule has 1 aromatic heterocycles. The van der Waals surface area contributed by atoms with Crippen molar-refractivity contribution in [2.45, 2.75) is 69.1 Å². The van der Waals surface area contributed by atoms with Crippen LogP contribution in [0, 0.1) is 6.92 Å². The minimum Gasteiger partial charge on any atom is -0.476 e. The number of nitrogens with zero attached hydrogens (tertiary/aromatic N) is 2. The first-order valence-electron chi connectivity index (χ1n) is 12.3. The van der Waals surface area contributed by atoms with Crippen LogP contribution < -0.4 is 9.47 Å². The highest BCUT2D eigenvalue weighted by molar-refractivity contribution is 7.98. The Kier molecular flexibility index (Phi) is 8.20. The van der Waals surface area contributed by atoms with E-state index in [-0.39, 0.29) is 12.4 Å². The van der Waals surface area contributed by atoms with Crippen LogP contribution in [-0.4, -0.2) is 34.5 Å². The van der Waals surface area contributed by atoms with Crippen LogP contribution in [0.15, 0.2) is 53.6 Å². The molecule has 2 aromatic carbocycles. The second kappa shape index (κ2) is 11.2. The molecule has 202 valence electrons. The van der Waals surface area contributed by atoms with Gasteiger partial charge in [0.05, 0.1) is 12.3 Å². The number of alkyl halides is 3. The van der Waals surface area contributed by atoms with E-state index in [4.69, 9.17) is 14.5 Å². The van der Waals surface area contributed by atoms with Crippen molar-refractivity contribution in [2.24, 2.45) is 0 Å². The van der Waals surface area contributed by atoms with Gasteiger partial charge in [0.1, 0.15) is 11.5 Å². The standard InChI is InChI=1S/C28H29F3N2O4S/c1-5-35-26(34)27(3,4)37-23-13-12-22(14-17(23)2)38-16-20-15-32-25(33-24(20)18-6-7-18)19-8-10-21(11-9-19)36-28(29,30)31/h8-15,18H,5-7,16H2,1-4H3. The van der Waals surface area contributed by atoms with E-state index in [1.807, 2.05) is 25.1 Å². The van der Waals surface area contributed by atoms with Gasteiger partial charge in [0, 0.05) is 33.9 Å². The van der Waals surface area contributed by atoms with Crippen LogP contribution >= 0.6 is 11.8 Å². The molecule has 1 aliphatic carbocycles. The van der Waals surface area contributed by atoms with E-state index in [2.05, 4.69) is 9.72 Å². The Balaban J connectivity index is 1.45. The van der Waals surface area contributed by atoms with Crippen molar-refractivity contribution < 1.29 is 32.2 Å².